The van der Waals surface area contributed by atoms with Gasteiger partial charge >= 0.3 is 149 Å². The molecule has 115 valence electrons. The Morgan fingerprint density at radius 3 is 2.41 bits per heavy atom. The van der Waals surface area contributed by atoms with Crippen molar-refractivity contribution in [3.05, 3.63) is 42.1 Å². The summed E-state index contributed by atoms with van der Waals surface area (Å²) in [7, 11) is 0. The van der Waals surface area contributed by atoms with Gasteiger partial charge in [-0.1, -0.05) is 0 Å². The third-order valence-corrected chi connectivity index (χ3v) is 8.26. The Kier molecular flexibility index (Phi) is 4.45. The Hall–Kier alpha value is -0.544. The summed E-state index contributed by atoms with van der Waals surface area (Å²) < 4.78 is 20.0. The molecule has 2 aromatic rings. The van der Waals surface area contributed by atoms with Gasteiger partial charge in [0.2, 0.25) is 0 Å². The first-order chi connectivity index (χ1) is 10.8. The van der Waals surface area contributed by atoms with Gasteiger partial charge in [-0.2, -0.15) is 0 Å². The van der Waals surface area contributed by atoms with Crippen molar-refractivity contribution in [3.8, 4) is 11.3 Å². The van der Waals surface area contributed by atoms with E-state index in [0.717, 1.165) is 21.2 Å². The number of pyridine rings is 1. The molecule has 22 heavy (non-hydrogen) atoms. The van der Waals surface area contributed by atoms with Crippen LogP contribution in [0.15, 0.2) is 36.5 Å². The predicted octanol–water partition coefficient (Wildman–Crippen LogP) is 3.68. The molecule has 1 heterocycles. The molecule has 0 aliphatic heterocycles. The molecular weight excluding hydrogens is 387 g/mol. The normalized spacial score (nSPS) is 14.5. The Morgan fingerprint density at radius 1 is 1.18 bits per heavy atom. The average molecular weight is 416 g/mol. The van der Waals surface area contributed by atoms with Gasteiger partial charge in [0.15, 0.2) is 0 Å². The number of hydrogen-bond donors (Lipinski definition) is 0. The summed E-state index contributed by atoms with van der Waals surface area (Å²) in [5.41, 5.74) is 2.26. The van der Waals surface area contributed by atoms with Crippen LogP contribution in [-0.4, -0.2) is 34.8 Å². The van der Waals surface area contributed by atoms with Crippen molar-refractivity contribution < 1.29 is 2.74 Å². The molecule has 3 heteroatoms. The Balaban J connectivity index is 2.72. The number of hydrogen-bond acceptors (Lipinski definition) is 1. The maximum absolute atomic E-state index is 8.81. The molecule has 1 nitrogen and oxygen atoms in total. The summed E-state index contributed by atoms with van der Waals surface area (Å²) in [6.07, 6.45) is 0.541. The molecule has 1 aromatic heterocycles. The predicted molar refractivity (Wildman–Crippen MR) is 101 cm³/mol. The minimum absolute atomic E-state index is 0.472. The number of nitrogens with zero attached hydrogens (tertiary/aromatic N) is 1. The van der Waals surface area contributed by atoms with Gasteiger partial charge in [0, 0.05) is 0 Å². The van der Waals surface area contributed by atoms with E-state index in [1.165, 1.54) is 4.40 Å². The van der Waals surface area contributed by atoms with E-state index in [0.29, 0.717) is 0 Å². The molecular formula is C19H26Ge2N. The van der Waals surface area contributed by atoms with Gasteiger partial charge < -0.3 is 0 Å². The van der Waals surface area contributed by atoms with Gasteiger partial charge in [0.05, 0.1) is 0 Å². The van der Waals surface area contributed by atoms with E-state index in [-0.39, 0.29) is 0 Å². The van der Waals surface area contributed by atoms with Crippen molar-refractivity contribution in [1.29, 1.82) is 0 Å². The van der Waals surface area contributed by atoms with Crippen LogP contribution < -0.4 is 8.79 Å². The van der Waals surface area contributed by atoms with Gasteiger partial charge in [-0.15, -0.1) is 0 Å². The molecule has 0 fully saturated rings. The van der Waals surface area contributed by atoms with Crippen molar-refractivity contribution in [2.45, 2.75) is 44.4 Å². The third kappa shape index (κ3) is 4.72. The molecule has 0 N–H and O–H groups in total. The molecule has 0 bridgehead atoms. The molecule has 0 unspecified atom stereocenters. The Bertz CT molecular complexity index is 744. The second kappa shape index (κ2) is 6.52. The second-order valence-electron chi connectivity index (χ2n) is 7.82. The van der Waals surface area contributed by atoms with Gasteiger partial charge in [-0.25, -0.2) is 0 Å². The fourth-order valence-electron chi connectivity index (χ4n) is 2.40. The Labute approximate surface area is 149 Å². The van der Waals surface area contributed by atoms with Crippen LogP contribution in [0.5, 0.6) is 0 Å². The van der Waals surface area contributed by atoms with Crippen LogP contribution in [0, 0.1) is 5.41 Å². The summed E-state index contributed by atoms with van der Waals surface area (Å²) in [5.74, 6) is 6.89. The maximum atomic E-state index is 8.81. The van der Waals surface area contributed by atoms with E-state index < -0.39 is 25.1 Å². The average Bonchev–Trinajstić information content (AvgIpc) is 2.44. The number of aromatic nitrogens is 1. The molecule has 0 amide bonds. The van der Waals surface area contributed by atoms with Crippen LogP contribution in [0.4, 0.5) is 0 Å². The second-order valence-corrected chi connectivity index (χ2v) is 19.6. The van der Waals surface area contributed by atoms with E-state index in [2.05, 4.69) is 45.9 Å². The molecule has 2 rings (SSSR count). The van der Waals surface area contributed by atoms with Crippen LogP contribution in [0.3, 0.4) is 0 Å². The summed E-state index contributed by atoms with van der Waals surface area (Å²) in [5, 5.41) is 0. The molecule has 0 saturated heterocycles. The van der Waals surface area contributed by atoms with E-state index in [1.54, 1.807) is 0 Å². The van der Waals surface area contributed by atoms with Crippen molar-refractivity contribution in [2.75, 3.05) is 0 Å². The van der Waals surface area contributed by atoms with Crippen LogP contribution in [0.25, 0.3) is 11.3 Å². The zero-order valence-electron chi connectivity index (χ0n) is 16.4. The van der Waals surface area contributed by atoms with E-state index >= 15 is 0 Å². The third-order valence-electron chi connectivity index (χ3n) is 3.38. The molecule has 0 aliphatic carbocycles. The first-order valence-corrected chi connectivity index (χ1v) is 16.1. The summed E-state index contributed by atoms with van der Waals surface area (Å²) in [4.78, 5) is 4.69. The van der Waals surface area contributed by atoms with E-state index in [4.69, 9.17) is 7.73 Å². The van der Waals surface area contributed by atoms with Crippen molar-refractivity contribution >= 4 is 38.6 Å². The van der Waals surface area contributed by atoms with Crippen LogP contribution >= 0.6 is 0 Å². The van der Waals surface area contributed by atoms with Gasteiger partial charge in [0.25, 0.3) is 0 Å². The number of benzene rings is 1. The summed E-state index contributed by atoms with van der Waals surface area (Å²) >= 11 is -0.177. The molecule has 0 atom stereocenters. The van der Waals surface area contributed by atoms with Gasteiger partial charge in [0.1, 0.15) is 0 Å². The topological polar surface area (TPSA) is 12.9 Å². The summed E-state index contributed by atoms with van der Waals surface area (Å²) in [6, 6.07) is 10.2. The SMILES string of the molecule is [2H]C([2H])(c1cc(-c2ccc[c]([Ge])c2)nc[c]1[Ge]([CH3])([CH3])[CH3])C(C)(C)C. The van der Waals surface area contributed by atoms with Crippen molar-refractivity contribution in [3.63, 3.8) is 0 Å². The fraction of sp³-hybridized carbons (Fsp3) is 0.421. The first-order valence-electron chi connectivity index (χ1n) is 8.67. The molecule has 0 spiro atoms. The molecule has 3 radical (unpaired) electrons. The zero-order chi connectivity index (χ0) is 18.3. The molecule has 0 aliphatic rings. The monoisotopic (exact) mass is 418 g/mol. The Morgan fingerprint density at radius 2 is 1.86 bits per heavy atom. The fourth-order valence-corrected chi connectivity index (χ4v) is 5.85. The standard InChI is InChI=1S/C19H26Ge2N/c1-19(2,3)12-15-11-18(14-8-7-9-16(20)10-14)22-13-17(15)21(4,5)6/h7-11,13H,12H2,1-6H3/i12D2. The molecule has 1 aromatic carbocycles. The zero-order valence-corrected chi connectivity index (χ0v) is 18.6. The number of rotatable bonds is 3. The van der Waals surface area contributed by atoms with Crippen LogP contribution in [-0.2, 0) is 6.37 Å². The quantitative estimate of drug-likeness (QED) is 0.697. The van der Waals surface area contributed by atoms with Gasteiger partial charge in [-0.05, 0) is 0 Å². The van der Waals surface area contributed by atoms with Crippen molar-refractivity contribution in [2.24, 2.45) is 5.41 Å². The van der Waals surface area contributed by atoms with Gasteiger partial charge in [-0.3, -0.25) is 0 Å². The first kappa shape index (κ1) is 15.0. The van der Waals surface area contributed by atoms with Crippen LogP contribution in [0.2, 0.25) is 17.3 Å². The van der Waals surface area contributed by atoms with Crippen LogP contribution in [0.1, 0.15) is 29.1 Å². The van der Waals surface area contributed by atoms with E-state index in [9.17, 15) is 0 Å². The summed E-state index contributed by atoms with van der Waals surface area (Å²) in [6.45, 7) is 5.91. The van der Waals surface area contributed by atoms with E-state index in [1.807, 2.05) is 45.2 Å². The van der Waals surface area contributed by atoms with Crippen molar-refractivity contribution in [1.82, 2.24) is 4.98 Å². The minimum atomic E-state index is -2.24. The molecule has 0 saturated carbocycles.